The van der Waals surface area contributed by atoms with Crippen LogP contribution in [0.3, 0.4) is 0 Å². The quantitative estimate of drug-likeness (QED) is 0.771. The van der Waals surface area contributed by atoms with Crippen LogP contribution in [0.1, 0.15) is 78.3 Å². The molecule has 0 aliphatic heterocycles. The zero-order valence-electron chi connectivity index (χ0n) is 17.2. The van der Waals surface area contributed by atoms with Crippen LogP contribution in [0.25, 0.3) is 11.5 Å². The molecule has 2 aromatic rings. The number of hydrogen-bond donors (Lipinski definition) is 0. The highest BCUT2D eigenvalue weighted by Gasteiger charge is 2.45. The van der Waals surface area contributed by atoms with Crippen molar-refractivity contribution < 1.29 is 12.8 Å². The second kappa shape index (κ2) is 6.76. The maximum absolute atomic E-state index is 13.2. The Morgan fingerprint density at radius 3 is 2.30 bits per heavy atom. The number of hydrogen-bond acceptors (Lipinski definition) is 5. The predicted octanol–water partition coefficient (Wildman–Crippen LogP) is 4.36. The maximum Gasteiger partial charge on any atom is 0.215 e. The van der Waals surface area contributed by atoms with Crippen LogP contribution in [-0.4, -0.2) is 28.4 Å². The van der Waals surface area contributed by atoms with Gasteiger partial charge in [-0.05, 0) is 32.8 Å². The van der Waals surface area contributed by atoms with Crippen molar-refractivity contribution in [3.8, 4) is 11.5 Å². The number of oxazole rings is 1. The van der Waals surface area contributed by atoms with Gasteiger partial charge >= 0.3 is 0 Å². The lowest BCUT2D eigenvalue weighted by molar-refractivity contribution is 0.419. The highest BCUT2D eigenvalue weighted by atomic mass is 32.2. The van der Waals surface area contributed by atoms with Gasteiger partial charge in [-0.1, -0.05) is 40.0 Å². The third-order valence-corrected chi connectivity index (χ3v) is 8.57. The second-order valence-electron chi connectivity index (χ2n) is 9.13. The molecule has 7 heteroatoms. The molecule has 27 heavy (non-hydrogen) atoms. The molecule has 6 nitrogen and oxygen atoms in total. The summed E-state index contributed by atoms with van der Waals surface area (Å²) >= 11 is 0. The molecule has 3 rings (SSSR count). The molecule has 2 heterocycles. The molecule has 1 fully saturated rings. The van der Waals surface area contributed by atoms with E-state index in [9.17, 15) is 8.42 Å². The van der Waals surface area contributed by atoms with E-state index in [0.717, 1.165) is 43.5 Å². The Bertz CT molecular complexity index is 911. The van der Waals surface area contributed by atoms with Gasteiger partial charge in [-0.3, -0.25) is 4.68 Å². The van der Waals surface area contributed by atoms with Crippen molar-refractivity contribution >= 4 is 9.84 Å². The lowest BCUT2D eigenvalue weighted by Gasteiger charge is -2.30. The molecule has 0 spiro atoms. The minimum absolute atomic E-state index is 0.0809. The van der Waals surface area contributed by atoms with Crippen LogP contribution in [0.15, 0.2) is 16.7 Å². The first-order valence-corrected chi connectivity index (χ1v) is 11.2. The molecule has 0 aromatic carbocycles. The summed E-state index contributed by atoms with van der Waals surface area (Å²) in [6.45, 7) is 9.72. The summed E-state index contributed by atoms with van der Waals surface area (Å²) in [5.74, 6) is 0.795. The highest BCUT2D eigenvalue weighted by Crippen LogP contribution is 2.38. The summed E-state index contributed by atoms with van der Waals surface area (Å²) in [6.07, 6.45) is 6.14. The molecular formula is C20H31N3O3S. The Hall–Kier alpha value is -1.63. The van der Waals surface area contributed by atoms with Crippen LogP contribution < -0.4 is 0 Å². The Kier molecular flexibility index (Phi) is 5.04. The first kappa shape index (κ1) is 20.1. The molecule has 0 atom stereocenters. The van der Waals surface area contributed by atoms with Gasteiger partial charge in [0.05, 0.1) is 17.1 Å². The number of rotatable bonds is 4. The summed E-state index contributed by atoms with van der Waals surface area (Å²) in [6, 6.07) is 1.98. The first-order valence-electron chi connectivity index (χ1n) is 9.69. The largest absolute Gasteiger partial charge is 0.437 e. The summed E-state index contributed by atoms with van der Waals surface area (Å²) in [4.78, 5) is 4.35. The highest BCUT2D eigenvalue weighted by molar-refractivity contribution is 7.92. The molecule has 1 saturated carbocycles. The summed E-state index contributed by atoms with van der Waals surface area (Å²) in [5.41, 5.74) is 1.67. The topological polar surface area (TPSA) is 78.0 Å². The third-order valence-electron chi connectivity index (χ3n) is 5.62. The van der Waals surface area contributed by atoms with Gasteiger partial charge in [-0.25, -0.2) is 13.4 Å². The first-order chi connectivity index (χ1) is 12.4. The molecule has 0 radical (unpaired) electrons. The SMILES string of the molecule is Cn1nc(C(C)(C)C)cc1-c1cnc(C(C)(C)S(=O)(=O)C2CCCCC2)o1. The third kappa shape index (κ3) is 3.58. The van der Waals surface area contributed by atoms with Gasteiger partial charge in [-0.2, -0.15) is 5.10 Å². The normalized spacial score (nSPS) is 17.4. The molecule has 1 aliphatic rings. The van der Waals surface area contributed by atoms with Crippen LogP contribution in [0.5, 0.6) is 0 Å². The summed E-state index contributed by atoms with van der Waals surface area (Å²) in [7, 11) is -1.53. The van der Waals surface area contributed by atoms with E-state index in [1.165, 1.54) is 0 Å². The van der Waals surface area contributed by atoms with Crippen molar-refractivity contribution in [3.05, 3.63) is 23.8 Å². The Balaban J connectivity index is 1.94. The molecular weight excluding hydrogens is 362 g/mol. The average Bonchev–Trinajstić information content (AvgIpc) is 3.22. The van der Waals surface area contributed by atoms with Gasteiger partial charge in [-0.15, -0.1) is 0 Å². The summed E-state index contributed by atoms with van der Waals surface area (Å²) in [5, 5.41) is 4.26. The van der Waals surface area contributed by atoms with E-state index in [2.05, 4.69) is 30.9 Å². The van der Waals surface area contributed by atoms with E-state index >= 15 is 0 Å². The number of aryl methyl sites for hydroxylation is 1. The fraction of sp³-hybridized carbons (Fsp3) is 0.700. The van der Waals surface area contributed by atoms with E-state index < -0.39 is 14.6 Å². The van der Waals surface area contributed by atoms with E-state index in [-0.39, 0.29) is 16.6 Å². The van der Waals surface area contributed by atoms with Gasteiger partial charge in [0.2, 0.25) is 5.89 Å². The van der Waals surface area contributed by atoms with E-state index in [1.54, 1.807) is 24.7 Å². The fourth-order valence-electron chi connectivity index (χ4n) is 3.65. The molecule has 0 unspecified atom stereocenters. The average molecular weight is 394 g/mol. The number of sulfone groups is 1. The van der Waals surface area contributed by atoms with Gasteiger partial charge in [0.25, 0.3) is 0 Å². The van der Waals surface area contributed by atoms with Crippen LogP contribution in [0, 0.1) is 0 Å². The van der Waals surface area contributed by atoms with Gasteiger partial charge in [0, 0.05) is 12.5 Å². The molecule has 0 amide bonds. The molecule has 150 valence electrons. The van der Waals surface area contributed by atoms with Crippen molar-refractivity contribution in [1.82, 2.24) is 14.8 Å². The van der Waals surface area contributed by atoms with Crippen LogP contribution in [0.4, 0.5) is 0 Å². The lowest BCUT2D eigenvalue weighted by atomic mass is 9.92. The fourth-order valence-corrected chi connectivity index (χ4v) is 5.77. The van der Waals surface area contributed by atoms with Gasteiger partial charge < -0.3 is 4.42 Å². The van der Waals surface area contributed by atoms with Crippen molar-refractivity contribution in [3.63, 3.8) is 0 Å². The van der Waals surface area contributed by atoms with Crippen LogP contribution in [0.2, 0.25) is 0 Å². The Labute approximate surface area is 162 Å². The summed E-state index contributed by atoms with van der Waals surface area (Å²) < 4.78 is 33.0. The van der Waals surface area contributed by atoms with Crippen molar-refractivity contribution in [2.75, 3.05) is 0 Å². The monoisotopic (exact) mass is 393 g/mol. The molecule has 2 aromatic heterocycles. The maximum atomic E-state index is 13.2. The Morgan fingerprint density at radius 2 is 1.74 bits per heavy atom. The Morgan fingerprint density at radius 1 is 1.11 bits per heavy atom. The molecule has 0 saturated heterocycles. The van der Waals surface area contributed by atoms with E-state index in [0.29, 0.717) is 5.76 Å². The predicted molar refractivity (Wildman–Crippen MR) is 106 cm³/mol. The number of aromatic nitrogens is 3. The van der Waals surface area contributed by atoms with Crippen molar-refractivity contribution in [2.24, 2.45) is 7.05 Å². The van der Waals surface area contributed by atoms with E-state index in [1.807, 2.05) is 13.1 Å². The van der Waals surface area contributed by atoms with E-state index in [4.69, 9.17) is 4.42 Å². The standard InChI is InChI=1S/C20H31N3O3S/c1-19(2,3)17-12-15(23(6)22-17)16-13-21-18(26-16)20(4,5)27(24,25)14-10-8-7-9-11-14/h12-14H,7-11H2,1-6H3. The zero-order valence-corrected chi connectivity index (χ0v) is 18.1. The minimum atomic E-state index is -3.39. The lowest BCUT2D eigenvalue weighted by Crippen LogP contribution is -2.39. The minimum Gasteiger partial charge on any atom is -0.437 e. The number of nitrogens with zero attached hydrogens (tertiary/aromatic N) is 3. The van der Waals surface area contributed by atoms with Crippen molar-refractivity contribution in [2.45, 2.75) is 82.1 Å². The smallest absolute Gasteiger partial charge is 0.215 e. The van der Waals surface area contributed by atoms with Crippen LogP contribution in [-0.2, 0) is 27.0 Å². The molecule has 1 aliphatic carbocycles. The van der Waals surface area contributed by atoms with Crippen LogP contribution >= 0.6 is 0 Å². The zero-order chi connectivity index (χ0) is 20.0. The van der Waals surface area contributed by atoms with Gasteiger partial charge in [0.1, 0.15) is 10.4 Å². The second-order valence-corrected chi connectivity index (χ2v) is 11.9. The van der Waals surface area contributed by atoms with Crippen molar-refractivity contribution in [1.29, 1.82) is 0 Å². The molecule has 0 bridgehead atoms. The molecule has 0 N–H and O–H groups in total. The van der Waals surface area contributed by atoms with Gasteiger partial charge in [0.15, 0.2) is 15.6 Å².